The van der Waals surface area contributed by atoms with Crippen molar-refractivity contribution in [2.75, 3.05) is 6.54 Å². The summed E-state index contributed by atoms with van der Waals surface area (Å²) in [6.07, 6.45) is 1.99. The van der Waals surface area contributed by atoms with Gasteiger partial charge in [0.15, 0.2) is 0 Å². The maximum absolute atomic E-state index is 12.5. The van der Waals surface area contributed by atoms with Crippen LogP contribution in [0.1, 0.15) is 36.7 Å². The number of aromatic nitrogens is 3. The van der Waals surface area contributed by atoms with Crippen LogP contribution in [0.4, 0.5) is 4.79 Å². The van der Waals surface area contributed by atoms with E-state index in [1.807, 2.05) is 45.0 Å². The molecule has 1 aliphatic rings. The molecular weight excluding hydrogens is 360 g/mol. The van der Waals surface area contributed by atoms with Gasteiger partial charge in [-0.1, -0.05) is 35.0 Å². The molecule has 0 bridgehead atoms. The molecule has 1 aromatic heterocycles. The summed E-state index contributed by atoms with van der Waals surface area (Å²) in [5.41, 5.74) is 2.66. The summed E-state index contributed by atoms with van der Waals surface area (Å²) in [6.45, 7) is 5.94. The first kappa shape index (κ1) is 19.5. The average molecular weight is 384 g/mol. The Hall–Kier alpha value is -3.23. The predicted molar refractivity (Wildman–Crippen MR) is 101 cm³/mol. The van der Waals surface area contributed by atoms with Crippen LogP contribution in [0.15, 0.2) is 30.5 Å². The average Bonchev–Trinajstić information content (AvgIpc) is 3.21. The Morgan fingerprint density at radius 3 is 2.79 bits per heavy atom. The fourth-order valence-corrected chi connectivity index (χ4v) is 2.96. The quantitative estimate of drug-likeness (QED) is 0.691. The zero-order valence-corrected chi connectivity index (χ0v) is 16.2. The molecule has 0 radical (unpaired) electrons. The summed E-state index contributed by atoms with van der Waals surface area (Å²) in [5.74, 6) is -0.828. The molecule has 0 unspecified atom stereocenters. The number of nitrogens with one attached hydrogen (secondary N) is 2. The van der Waals surface area contributed by atoms with E-state index in [4.69, 9.17) is 0 Å². The number of rotatable bonds is 7. The van der Waals surface area contributed by atoms with E-state index in [1.165, 1.54) is 0 Å². The molecule has 0 spiro atoms. The lowest BCUT2D eigenvalue weighted by atomic mass is 10.1. The van der Waals surface area contributed by atoms with Crippen molar-refractivity contribution in [2.24, 2.45) is 0 Å². The molecule has 4 amide bonds. The Bertz CT molecular complexity index is 891. The van der Waals surface area contributed by atoms with Gasteiger partial charge in [0.1, 0.15) is 12.6 Å². The van der Waals surface area contributed by atoms with E-state index in [2.05, 4.69) is 20.9 Å². The number of benzene rings is 1. The SMILES string of the molecule is Cc1cccc(CNC(=O)CN2C(=O)N[C@@H](Cc3cn(C(C)C)nn3)C2=O)c1. The largest absolute Gasteiger partial charge is 0.350 e. The highest BCUT2D eigenvalue weighted by Crippen LogP contribution is 2.12. The van der Waals surface area contributed by atoms with Gasteiger partial charge >= 0.3 is 6.03 Å². The highest BCUT2D eigenvalue weighted by atomic mass is 16.2. The van der Waals surface area contributed by atoms with Crippen LogP contribution in [0.2, 0.25) is 0 Å². The lowest BCUT2D eigenvalue weighted by Crippen LogP contribution is -2.41. The van der Waals surface area contributed by atoms with Crippen molar-refractivity contribution in [3.05, 3.63) is 47.3 Å². The van der Waals surface area contributed by atoms with Crippen molar-refractivity contribution >= 4 is 17.8 Å². The summed E-state index contributed by atoms with van der Waals surface area (Å²) < 4.78 is 1.69. The minimum atomic E-state index is -0.741. The number of carbonyl (C=O) groups is 3. The highest BCUT2D eigenvalue weighted by Gasteiger charge is 2.39. The third kappa shape index (κ3) is 4.54. The number of aryl methyl sites for hydroxylation is 1. The lowest BCUT2D eigenvalue weighted by Gasteiger charge is -2.13. The minimum Gasteiger partial charge on any atom is -0.350 e. The maximum Gasteiger partial charge on any atom is 0.325 e. The smallest absolute Gasteiger partial charge is 0.325 e. The van der Waals surface area contributed by atoms with Gasteiger partial charge in [0.05, 0.1) is 5.69 Å². The molecule has 1 atom stereocenters. The third-order valence-electron chi connectivity index (χ3n) is 4.48. The first-order valence-electron chi connectivity index (χ1n) is 9.18. The maximum atomic E-state index is 12.5. The van der Waals surface area contributed by atoms with Crippen molar-refractivity contribution in [3.63, 3.8) is 0 Å². The van der Waals surface area contributed by atoms with Gasteiger partial charge in [-0.05, 0) is 26.3 Å². The van der Waals surface area contributed by atoms with Crippen LogP contribution in [0, 0.1) is 6.92 Å². The van der Waals surface area contributed by atoms with Crippen LogP contribution >= 0.6 is 0 Å². The Balaban J connectivity index is 1.54. The Kier molecular flexibility index (Phi) is 5.72. The first-order chi connectivity index (χ1) is 13.3. The van der Waals surface area contributed by atoms with Gasteiger partial charge in [-0.25, -0.2) is 9.48 Å². The number of imide groups is 1. The Morgan fingerprint density at radius 1 is 1.32 bits per heavy atom. The van der Waals surface area contributed by atoms with Gasteiger partial charge in [0, 0.05) is 25.2 Å². The predicted octanol–water partition coefficient (Wildman–Crippen LogP) is 0.947. The second-order valence-electron chi connectivity index (χ2n) is 7.18. The third-order valence-corrected chi connectivity index (χ3v) is 4.48. The van der Waals surface area contributed by atoms with Gasteiger partial charge in [-0.2, -0.15) is 0 Å². The molecule has 1 aromatic carbocycles. The highest BCUT2D eigenvalue weighted by molar-refractivity contribution is 6.06. The molecule has 1 saturated heterocycles. The van der Waals surface area contributed by atoms with Crippen LogP contribution in [0.5, 0.6) is 0 Å². The summed E-state index contributed by atoms with van der Waals surface area (Å²) in [5, 5.41) is 13.4. The van der Waals surface area contributed by atoms with Crippen LogP contribution in [0.25, 0.3) is 0 Å². The van der Waals surface area contributed by atoms with E-state index in [9.17, 15) is 14.4 Å². The van der Waals surface area contributed by atoms with Crippen molar-refractivity contribution in [2.45, 2.75) is 45.8 Å². The molecule has 9 nitrogen and oxygen atoms in total. The van der Waals surface area contributed by atoms with E-state index in [0.29, 0.717) is 12.2 Å². The molecule has 2 heterocycles. The molecule has 0 saturated carbocycles. The second-order valence-corrected chi connectivity index (χ2v) is 7.18. The monoisotopic (exact) mass is 384 g/mol. The van der Waals surface area contributed by atoms with Crippen molar-refractivity contribution < 1.29 is 14.4 Å². The zero-order valence-electron chi connectivity index (χ0n) is 16.2. The molecule has 9 heteroatoms. The fraction of sp³-hybridized carbons (Fsp3) is 0.421. The molecule has 0 aliphatic carbocycles. The molecule has 1 aliphatic heterocycles. The molecule has 148 valence electrons. The van der Waals surface area contributed by atoms with E-state index in [-0.39, 0.29) is 19.0 Å². The van der Waals surface area contributed by atoms with Gasteiger partial charge in [-0.15, -0.1) is 5.10 Å². The van der Waals surface area contributed by atoms with Gasteiger partial charge in [0.2, 0.25) is 5.91 Å². The summed E-state index contributed by atoms with van der Waals surface area (Å²) in [6, 6.07) is 6.60. The van der Waals surface area contributed by atoms with E-state index in [0.717, 1.165) is 16.0 Å². The molecule has 2 N–H and O–H groups in total. The van der Waals surface area contributed by atoms with Crippen molar-refractivity contribution in [1.82, 2.24) is 30.5 Å². The number of amides is 4. The minimum absolute atomic E-state index is 0.156. The summed E-state index contributed by atoms with van der Waals surface area (Å²) in [7, 11) is 0. The molecule has 3 rings (SSSR count). The van der Waals surface area contributed by atoms with E-state index >= 15 is 0 Å². The van der Waals surface area contributed by atoms with Crippen LogP contribution in [0.3, 0.4) is 0 Å². The lowest BCUT2D eigenvalue weighted by molar-refractivity contribution is -0.132. The Morgan fingerprint density at radius 2 is 2.11 bits per heavy atom. The fourth-order valence-electron chi connectivity index (χ4n) is 2.96. The van der Waals surface area contributed by atoms with Crippen molar-refractivity contribution in [3.8, 4) is 0 Å². The summed E-state index contributed by atoms with van der Waals surface area (Å²) >= 11 is 0. The standard InChI is InChI=1S/C19H24N6O3/c1-12(2)25-10-15(22-23-25)8-16-18(27)24(19(28)21-16)11-17(26)20-9-14-6-4-5-13(3)7-14/h4-7,10,12,16H,8-9,11H2,1-3H3,(H,20,26)(H,21,28)/t16-/m0/s1. The van der Waals surface area contributed by atoms with Crippen LogP contribution in [-0.2, 0) is 22.6 Å². The number of hydrogen-bond donors (Lipinski definition) is 2. The molecular formula is C19H24N6O3. The second kappa shape index (κ2) is 8.20. The number of hydrogen-bond acceptors (Lipinski definition) is 5. The molecule has 1 fully saturated rings. The zero-order chi connectivity index (χ0) is 20.3. The molecule has 28 heavy (non-hydrogen) atoms. The van der Waals surface area contributed by atoms with E-state index < -0.39 is 23.9 Å². The van der Waals surface area contributed by atoms with Crippen LogP contribution in [-0.4, -0.2) is 50.3 Å². The number of nitrogens with zero attached hydrogens (tertiary/aromatic N) is 4. The summed E-state index contributed by atoms with van der Waals surface area (Å²) in [4.78, 5) is 37.8. The first-order valence-corrected chi connectivity index (χ1v) is 9.18. The van der Waals surface area contributed by atoms with E-state index in [1.54, 1.807) is 10.9 Å². The Labute approximate surface area is 163 Å². The number of urea groups is 1. The molecule has 2 aromatic rings. The topological polar surface area (TPSA) is 109 Å². The van der Waals surface area contributed by atoms with Crippen LogP contribution < -0.4 is 10.6 Å². The van der Waals surface area contributed by atoms with Crippen molar-refractivity contribution in [1.29, 1.82) is 0 Å². The normalized spacial score (nSPS) is 16.6. The number of carbonyl (C=O) groups excluding carboxylic acids is 3. The van der Waals surface area contributed by atoms with Gasteiger partial charge < -0.3 is 10.6 Å². The van der Waals surface area contributed by atoms with Gasteiger partial charge in [0.25, 0.3) is 5.91 Å². The van der Waals surface area contributed by atoms with Gasteiger partial charge in [-0.3, -0.25) is 14.5 Å².